The van der Waals surface area contributed by atoms with E-state index in [0.29, 0.717) is 6.42 Å². The third kappa shape index (κ3) is 4.56. The molecule has 31 heavy (non-hydrogen) atoms. The fourth-order valence-electron chi connectivity index (χ4n) is 4.36. The number of halogens is 1. The van der Waals surface area contributed by atoms with Crippen molar-refractivity contribution in [2.24, 2.45) is 0 Å². The van der Waals surface area contributed by atoms with E-state index in [9.17, 15) is 4.79 Å². The van der Waals surface area contributed by atoms with Gasteiger partial charge in [0.2, 0.25) is 5.91 Å². The molecule has 3 aromatic rings. The smallest absolute Gasteiger partial charge is 0.228 e. The molecule has 3 heterocycles. The Morgan fingerprint density at radius 2 is 1.94 bits per heavy atom. The predicted molar refractivity (Wildman–Crippen MR) is 131 cm³/mol. The first-order valence-corrected chi connectivity index (χ1v) is 12.2. The zero-order valence-electron chi connectivity index (χ0n) is 18.4. The van der Waals surface area contributed by atoms with Crippen LogP contribution in [0.25, 0.3) is 10.1 Å². The molecule has 0 spiro atoms. The van der Waals surface area contributed by atoms with Gasteiger partial charge in [-0.05, 0) is 40.9 Å². The molecule has 1 fully saturated rings. The molecule has 0 bridgehead atoms. The molecule has 2 aromatic carbocycles. The second-order valence-corrected chi connectivity index (χ2v) is 9.57. The molecular formula is C24H30ClN4OS+. The van der Waals surface area contributed by atoms with Gasteiger partial charge in [0.1, 0.15) is 0 Å². The van der Waals surface area contributed by atoms with E-state index in [0.717, 1.165) is 71.3 Å². The topological polar surface area (TPSA) is 45.2 Å². The summed E-state index contributed by atoms with van der Waals surface area (Å²) in [5.41, 5.74) is 3.08. The van der Waals surface area contributed by atoms with E-state index < -0.39 is 0 Å². The summed E-state index contributed by atoms with van der Waals surface area (Å²) in [5, 5.41) is 4.89. The third-order valence-electron chi connectivity index (χ3n) is 6.30. The van der Waals surface area contributed by atoms with E-state index >= 15 is 0 Å². The fourth-order valence-corrected chi connectivity index (χ4v) is 5.42. The zero-order valence-corrected chi connectivity index (χ0v) is 20.0. The van der Waals surface area contributed by atoms with Gasteiger partial charge in [-0.2, -0.15) is 4.37 Å². The minimum Gasteiger partial charge on any atom is -0.344 e. The van der Waals surface area contributed by atoms with Crippen LogP contribution in [0.4, 0.5) is 11.5 Å². The molecule has 0 unspecified atom stereocenters. The minimum atomic E-state index is 0.0536. The highest BCUT2D eigenvalue weighted by Crippen LogP contribution is 2.32. The molecule has 7 heteroatoms. The van der Waals surface area contributed by atoms with Crippen molar-refractivity contribution in [3.05, 3.63) is 52.5 Å². The highest BCUT2D eigenvalue weighted by atomic mass is 35.5. The lowest BCUT2D eigenvalue weighted by atomic mass is 10.0. The van der Waals surface area contributed by atoms with Crippen molar-refractivity contribution in [3.8, 4) is 0 Å². The number of nitrogens with zero attached hydrogens (tertiary/aromatic N) is 3. The number of fused-ring (bicyclic) bond motifs is 2. The van der Waals surface area contributed by atoms with Crippen LogP contribution in [-0.2, 0) is 17.6 Å². The summed E-state index contributed by atoms with van der Waals surface area (Å²) < 4.78 is 7.01. The Balaban J connectivity index is 0.00000112. The summed E-state index contributed by atoms with van der Waals surface area (Å²) in [6.45, 7) is 9.26. The Bertz CT molecular complexity index is 1090. The van der Waals surface area contributed by atoms with E-state index in [2.05, 4.69) is 47.6 Å². The number of piperazine rings is 1. The summed E-state index contributed by atoms with van der Waals surface area (Å²) in [4.78, 5) is 14.1. The second-order valence-electron chi connectivity index (χ2n) is 8.36. The summed E-state index contributed by atoms with van der Waals surface area (Å²) in [5.74, 6) is 1.19. The quantitative estimate of drug-likeness (QED) is 0.562. The minimum absolute atomic E-state index is 0.0536. The van der Waals surface area contributed by atoms with Crippen molar-refractivity contribution in [3.63, 3.8) is 0 Å². The molecule has 1 N–H and O–H groups in total. The number of anilines is 2. The lowest BCUT2D eigenvalue weighted by Gasteiger charge is -2.42. The molecule has 2 aliphatic heterocycles. The van der Waals surface area contributed by atoms with Crippen LogP contribution in [-0.4, -0.2) is 54.5 Å². The summed E-state index contributed by atoms with van der Waals surface area (Å²) >= 11 is 8.08. The maximum Gasteiger partial charge on any atom is 0.228 e. The van der Waals surface area contributed by atoms with E-state index in [1.807, 2.05) is 19.9 Å². The highest BCUT2D eigenvalue weighted by Gasteiger charge is 2.30. The van der Waals surface area contributed by atoms with Crippen LogP contribution >= 0.6 is 23.1 Å². The summed E-state index contributed by atoms with van der Waals surface area (Å²) in [6, 6.07) is 12.5. The number of rotatable bonds is 4. The molecule has 5 nitrogen and oxygen atoms in total. The molecule has 1 saturated heterocycles. The largest absolute Gasteiger partial charge is 0.344 e. The molecule has 164 valence electrons. The molecule has 2 aliphatic rings. The number of quaternary nitrogens is 1. The molecule has 0 atom stereocenters. The van der Waals surface area contributed by atoms with Gasteiger partial charge in [-0.15, -0.1) is 0 Å². The van der Waals surface area contributed by atoms with Crippen LogP contribution in [0.1, 0.15) is 25.0 Å². The van der Waals surface area contributed by atoms with Gasteiger partial charge in [0.15, 0.2) is 5.82 Å². The van der Waals surface area contributed by atoms with Gasteiger partial charge in [-0.3, -0.25) is 4.79 Å². The number of aromatic nitrogens is 1. The maximum absolute atomic E-state index is 11.6. The van der Waals surface area contributed by atoms with Crippen molar-refractivity contribution >= 4 is 50.6 Å². The zero-order chi connectivity index (χ0) is 22.0. The van der Waals surface area contributed by atoms with Crippen LogP contribution < -0.4 is 10.2 Å². The molecular weight excluding hydrogens is 428 g/mol. The van der Waals surface area contributed by atoms with Gasteiger partial charge in [0.25, 0.3) is 0 Å². The summed E-state index contributed by atoms with van der Waals surface area (Å²) in [6.07, 6.45) is 1.39. The first-order chi connectivity index (χ1) is 15.0. The number of benzene rings is 2. The normalized spacial score (nSPS) is 17.2. The van der Waals surface area contributed by atoms with Crippen LogP contribution in [0.5, 0.6) is 0 Å². The Morgan fingerprint density at radius 3 is 2.71 bits per heavy atom. The molecule has 0 saturated carbocycles. The number of hydrogen-bond acceptors (Lipinski definition) is 4. The van der Waals surface area contributed by atoms with E-state index in [1.54, 1.807) is 11.5 Å². The Hall–Kier alpha value is -2.15. The van der Waals surface area contributed by atoms with Gasteiger partial charge in [0, 0.05) is 22.5 Å². The first-order valence-electron chi connectivity index (χ1n) is 11.0. The SMILES string of the molecule is CC.C[N+]1(CCc2cc3c(cc2Cl)NC(=O)C3)CCN(c2nsc3ccccc23)CC1. The van der Waals surface area contributed by atoms with Crippen molar-refractivity contribution in [1.82, 2.24) is 4.37 Å². The number of likely N-dealkylation sites (N-methyl/N-ethyl adjacent to an activating group) is 1. The molecule has 1 amide bonds. The standard InChI is InChI=1S/C22H23ClN4OS.C2H6/c1-27(9-6-15-12-16-13-21(28)24-19(16)14-18(15)23)10-7-26(8-11-27)22-17-4-2-3-5-20(17)29-25-22;1-2/h2-5,12,14H,6-11,13H2,1H3;1-2H3/p+1. The monoisotopic (exact) mass is 457 g/mol. The number of hydrogen-bond donors (Lipinski definition) is 1. The van der Waals surface area contributed by atoms with E-state index in [1.165, 1.54) is 10.1 Å². The maximum atomic E-state index is 11.6. The number of nitrogens with one attached hydrogen (secondary N) is 1. The van der Waals surface area contributed by atoms with Gasteiger partial charge in [-0.25, -0.2) is 0 Å². The van der Waals surface area contributed by atoms with Crippen LogP contribution in [0.3, 0.4) is 0 Å². The average molecular weight is 458 g/mol. The molecule has 1 aromatic heterocycles. The Labute approximate surface area is 193 Å². The number of carbonyl (C=O) groups excluding carboxylic acids is 1. The van der Waals surface area contributed by atoms with Crippen LogP contribution in [0.15, 0.2) is 36.4 Å². The van der Waals surface area contributed by atoms with E-state index in [4.69, 9.17) is 16.0 Å². The molecule has 0 radical (unpaired) electrons. The lowest BCUT2D eigenvalue weighted by molar-refractivity contribution is -0.909. The highest BCUT2D eigenvalue weighted by molar-refractivity contribution is 7.13. The van der Waals surface area contributed by atoms with Crippen molar-refractivity contribution in [2.75, 3.05) is 50.0 Å². The Morgan fingerprint density at radius 1 is 1.19 bits per heavy atom. The molecule has 5 rings (SSSR count). The fraction of sp³-hybridized carbons (Fsp3) is 0.417. The average Bonchev–Trinajstić information content (AvgIpc) is 3.36. The predicted octanol–water partition coefficient (Wildman–Crippen LogP) is 4.98. The van der Waals surface area contributed by atoms with Gasteiger partial charge < -0.3 is 14.7 Å². The van der Waals surface area contributed by atoms with Gasteiger partial charge in [0.05, 0.1) is 50.9 Å². The van der Waals surface area contributed by atoms with Gasteiger partial charge in [-0.1, -0.05) is 43.6 Å². The van der Waals surface area contributed by atoms with Crippen LogP contribution in [0.2, 0.25) is 5.02 Å². The second kappa shape index (κ2) is 9.15. The van der Waals surface area contributed by atoms with Crippen molar-refractivity contribution in [2.45, 2.75) is 26.7 Å². The van der Waals surface area contributed by atoms with Gasteiger partial charge >= 0.3 is 0 Å². The first kappa shape index (κ1) is 22.1. The lowest BCUT2D eigenvalue weighted by Crippen LogP contribution is -2.58. The van der Waals surface area contributed by atoms with E-state index in [-0.39, 0.29) is 5.91 Å². The third-order valence-corrected chi connectivity index (χ3v) is 7.46. The molecule has 0 aliphatic carbocycles. The van der Waals surface area contributed by atoms with Crippen molar-refractivity contribution < 1.29 is 9.28 Å². The Kier molecular flexibility index (Phi) is 6.51. The van der Waals surface area contributed by atoms with Crippen LogP contribution in [0, 0.1) is 0 Å². The summed E-state index contributed by atoms with van der Waals surface area (Å²) in [7, 11) is 2.34. The number of amides is 1. The number of carbonyl (C=O) groups is 1. The van der Waals surface area contributed by atoms with Crippen molar-refractivity contribution in [1.29, 1.82) is 0 Å².